The molecule has 0 fully saturated rings. The largest absolute Gasteiger partial charge is 0.365 e. The summed E-state index contributed by atoms with van der Waals surface area (Å²) in [6.07, 6.45) is 6.13. The fraction of sp³-hybridized carbons (Fsp3) is 0.0625. The number of amides is 1. The van der Waals surface area contributed by atoms with Crippen LogP contribution in [0.4, 0.5) is 17.3 Å². The van der Waals surface area contributed by atoms with E-state index in [9.17, 15) is 4.79 Å². The highest BCUT2D eigenvalue weighted by atomic mass is 127. The second-order valence-corrected chi connectivity index (χ2v) is 5.77. The fourth-order valence-corrected chi connectivity index (χ4v) is 2.61. The van der Waals surface area contributed by atoms with Crippen molar-refractivity contribution in [1.29, 1.82) is 0 Å². The Morgan fingerprint density at radius 1 is 1.40 bits per heavy atom. The number of nitrogens with two attached hydrogens (primary N) is 1. The molecule has 0 saturated heterocycles. The average Bonchev–Trinajstić information content (AvgIpc) is 3.03. The van der Waals surface area contributed by atoms with Crippen LogP contribution in [0.2, 0.25) is 0 Å². The zero-order valence-corrected chi connectivity index (χ0v) is 15.1. The van der Waals surface area contributed by atoms with Crippen LogP contribution in [0.3, 0.4) is 0 Å². The van der Waals surface area contributed by atoms with Crippen LogP contribution in [0.1, 0.15) is 21.6 Å². The summed E-state index contributed by atoms with van der Waals surface area (Å²) >= 11 is 2.29. The normalized spacial score (nSPS) is 10.9. The number of aliphatic imine (C=N–C) groups is 1. The first-order chi connectivity index (χ1) is 12.2. The highest BCUT2D eigenvalue weighted by molar-refractivity contribution is 14.1. The minimum absolute atomic E-state index is 0.181. The standard InChI is InChI=1S/C16H14IN7O/c17-7-10-2-1-3-11(6-10)22-16-13(14(18)25)15(23-24-16)21-9-12-8-19-4-5-20-12/h1-6,8-9H,7H2,(H2,18,25)(H2,22,23,24). The molecule has 126 valence electrons. The number of carbonyl (C=O) groups is 1. The number of anilines is 2. The first-order valence-electron chi connectivity index (χ1n) is 7.27. The Morgan fingerprint density at radius 2 is 2.28 bits per heavy atom. The van der Waals surface area contributed by atoms with E-state index in [-0.39, 0.29) is 11.4 Å². The second-order valence-electron chi connectivity index (χ2n) is 5.01. The topological polar surface area (TPSA) is 122 Å². The monoisotopic (exact) mass is 447 g/mol. The van der Waals surface area contributed by atoms with Crippen LogP contribution in [0.25, 0.3) is 0 Å². The van der Waals surface area contributed by atoms with E-state index in [4.69, 9.17) is 5.73 Å². The average molecular weight is 447 g/mol. The number of nitrogens with zero attached hydrogens (tertiary/aromatic N) is 4. The molecule has 3 aromatic rings. The van der Waals surface area contributed by atoms with Gasteiger partial charge in [0.15, 0.2) is 5.82 Å². The number of hydrogen-bond donors (Lipinski definition) is 3. The van der Waals surface area contributed by atoms with Crippen LogP contribution in [0.5, 0.6) is 0 Å². The SMILES string of the molecule is NC(=O)c1c(N=Cc2cnccn2)n[nH]c1Nc1cccc(CI)c1. The summed E-state index contributed by atoms with van der Waals surface area (Å²) in [5, 5.41) is 9.94. The van der Waals surface area contributed by atoms with Crippen molar-refractivity contribution in [2.75, 3.05) is 5.32 Å². The van der Waals surface area contributed by atoms with E-state index in [1.165, 1.54) is 6.21 Å². The smallest absolute Gasteiger partial charge is 0.256 e. The van der Waals surface area contributed by atoms with Gasteiger partial charge in [-0.3, -0.25) is 19.9 Å². The van der Waals surface area contributed by atoms with Gasteiger partial charge >= 0.3 is 0 Å². The van der Waals surface area contributed by atoms with E-state index >= 15 is 0 Å². The molecule has 0 unspecified atom stereocenters. The molecule has 9 heteroatoms. The van der Waals surface area contributed by atoms with Crippen LogP contribution < -0.4 is 11.1 Å². The van der Waals surface area contributed by atoms with Gasteiger partial charge in [0.2, 0.25) is 0 Å². The van der Waals surface area contributed by atoms with Crippen LogP contribution in [0.15, 0.2) is 47.8 Å². The van der Waals surface area contributed by atoms with Gasteiger partial charge < -0.3 is 11.1 Å². The molecule has 0 aliphatic rings. The number of aromatic amines is 1. The maximum absolute atomic E-state index is 11.8. The van der Waals surface area contributed by atoms with Crippen molar-refractivity contribution in [3.8, 4) is 0 Å². The van der Waals surface area contributed by atoms with Crippen molar-refractivity contribution in [1.82, 2.24) is 20.2 Å². The maximum Gasteiger partial charge on any atom is 0.256 e. The van der Waals surface area contributed by atoms with Crippen molar-refractivity contribution < 1.29 is 4.79 Å². The Balaban J connectivity index is 1.89. The molecule has 4 N–H and O–H groups in total. The van der Waals surface area contributed by atoms with E-state index in [1.54, 1.807) is 18.6 Å². The van der Waals surface area contributed by atoms with Crippen LogP contribution >= 0.6 is 22.6 Å². The highest BCUT2D eigenvalue weighted by Gasteiger charge is 2.18. The van der Waals surface area contributed by atoms with Gasteiger partial charge in [-0.15, -0.1) is 0 Å². The number of halogens is 1. The van der Waals surface area contributed by atoms with Crippen molar-refractivity contribution in [2.45, 2.75) is 4.43 Å². The van der Waals surface area contributed by atoms with Gasteiger partial charge in [0.1, 0.15) is 11.4 Å². The van der Waals surface area contributed by atoms with Crippen molar-refractivity contribution >= 4 is 52.0 Å². The Bertz CT molecular complexity index is 908. The van der Waals surface area contributed by atoms with E-state index in [2.05, 4.69) is 53.1 Å². The summed E-state index contributed by atoms with van der Waals surface area (Å²) in [6, 6.07) is 7.84. The molecule has 0 bridgehead atoms. The number of hydrogen-bond acceptors (Lipinski definition) is 6. The fourth-order valence-electron chi connectivity index (χ4n) is 2.13. The molecular formula is C16H14IN7O. The van der Waals surface area contributed by atoms with Gasteiger partial charge in [0.05, 0.1) is 18.1 Å². The van der Waals surface area contributed by atoms with Crippen molar-refractivity contribution in [3.05, 3.63) is 59.7 Å². The molecule has 0 atom stereocenters. The molecular weight excluding hydrogens is 433 g/mol. The zero-order chi connectivity index (χ0) is 17.6. The quantitative estimate of drug-likeness (QED) is 0.305. The Kier molecular flexibility index (Phi) is 5.33. The number of nitrogens with one attached hydrogen (secondary N) is 2. The number of carbonyl (C=O) groups excluding carboxylic acids is 1. The molecule has 0 aliphatic heterocycles. The predicted molar refractivity (Wildman–Crippen MR) is 104 cm³/mol. The summed E-state index contributed by atoms with van der Waals surface area (Å²) in [4.78, 5) is 24.1. The highest BCUT2D eigenvalue weighted by Crippen LogP contribution is 2.26. The molecule has 0 saturated carbocycles. The van der Waals surface area contributed by atoms with Crippen molar-refractivity contribution in [2.24, 2.45) is 10.7 Å². The first-order valence-corrected chi connectivity index (χ1v) is 8.80. The molecule has 3 rings (SSSR count). The molecule has 8 nitrogen and oxygen atoms in total. The summed E-state index contributed by atoms with van der Waals surface area (Å²) in [5.41, 5.74) is 8.21. The molecule has 0 spiro atoms. The van der Waals surface area contributed by atoms with E-state index < -0.39 is 5.91 Å². The second kappa shape index (κ2) is 7.83. The maximum atomic E-state index is 11.8. The number of benzene rings is 1. The Hall–Kier alpha value is -2.82. The summed E-state index contributed by atoms with van der Waals surface area (Å²) in [7, 11) is 0. The summed E-state index contributed by atoms with van der Waals surface area (Å²) in [6.45, 7) is 0. The molecule has 1 amide bonds. The lowest BCUT2D eigenvalue weighted by molar-refractivity contribution is 0.100. The van der Waals surface area contributed by atoms with Crippen LogP contribution in [-0.2, 0) is 4.43 Å². The lowest BCUT2D eigenvalue weighted by atomic mass is 10.2. The molecule has 2 heterocycles. The lowest BCUT2D eigenvalue weighted by Crippen LogP contribution is -2.12. The van der Waals surface area contributed by atoms with E-state index in [1.807, 2.05) is 24.3 Å². The predicted octanol–water partition coefficient (Wildman–Crippen LogP) is 2.73. The summed E-state index contributed by atoms with van der Waals surface area (Å²) in [5.74, 6) is -0.0531. The molecule has 2 aromatic heterocycles. The summed E-state index contributed by atoms with van der Waals surface area (Å²) < 4.78 is 0.882. The van der Waals surface area contributed by atoms with Crippen LogP contribution in [-0.4, -0.2) is 32.3 Å². The number of aromatic nitrogens is 4. The molecule has 0 aliphatic carbocycles. The number of primary amides is 1. The Morgan fingerprint density at radius 3 is 3.00 bits per heavy atom. The lowest BCUT2D eigenvalue weighted by Gasteiger charge is -2.06. The van der Waals surface area contributed by atoms with Gasteiger partial charge in [-0.2, -0.15) is 5.10 Å². The van der Waals surface area contributed by atoms with Gasteiger partial charge in [0.25, 0.3) is 5.91 Å². The van der Waals surface area contributed by atoms with Gasteiger partial charge in [0, 0.05) is 22.5 Å². The first kappa shape index (κ1) is 17.0. The van der Waals surface area contributed by atoms with Gasteiger partial charge in [-0.25, -0.2) is 4.99 Å². The Labute approximate surface area is 157 Å². The number of rotatable bonds is 6. The van der Waals surface area contributed by atoms with Crippen LogP contribution in [0, 0.1) is 0 Å². The van der Waals surface area contributed by atoms with E-state index in [0.717, 1.165) is 15.7 Å². The van der Waals surface area contributed by atoms with Gasteiger partial charge in [-0.1, -0.05) is 34.7 Å². The van der Waals surface area contributed by atoms with Crippen molar-refractivity contribution in [3.63, 3.8) is 0 Å². The number of H-pyrrole nitrogens is 1. The number of alkyl halides is 1. The third-order valence-corrected chi connectivity index (χ3v) is 4.13. The minimum Gasteiger partial charge on any atom is -0.365 e. The van der Waals surface area contributed by atoms with Gasteiger partial charge in [-0.05, 0) is 17.7 Å². The zero-order valence-electron chi connectivity index (χ0n) is 13.0. The third kappa shape index (κ3) is 4.18. The minimum atomic E-state index is -0.632. The molecule has 1 aromatic carbocycles. The third-order valence-electron chi connectivity index (χ3n) is 3.25. The molecule has 25 heavy (non-hydrogen) atoms. The van der Waals surface area contributed by atoms with E-state index in [0.29, 0.717) is 11.5 Å². The molecule has 0 radical (unpaired) electrons.